The van der Waals surface area contributed by atoms with Crippen molar-refractivity contribution in [3.63, 3.8) is 0 Å². The summed E-state index contributed by atoms with van der Waals surface area (Å²) in [6.07, 6.45) is 2.17. The van der Waals surface area contributed by atoms with E-state index >= 15 is 0 Å². The number of nitrogens with two attached hydrogens (primary N) is 1. The van der Waals surface area contributed by atoms with Gasteiger partial charge in [-0.2, -0.15) is 0 Å². The second-order valence-electron chi connectivity index (χ2n) is 4.98. The van der Waals surface area contributed by atoms with Gasteiger partial charge in [0.05, 0.1) is 0 Å². The summed E-state index contributed by atoms with van der Waals surface area (Å²) >= 11 is 0. The predicted octanol–water partition coefficient (Wildman–Crippen LogP) is 2.19. The molecule has 0 aromatic heterocycles. The molecule has 0 saturated heterocycles. The second kappa shape index (κ2) is 4.40. The minimum absolute atomic E-state index is 0.347. The first-order chi connectivity index (χ1) is 8.04. The first-order valence-electron chi connectivity index (χ1n) is 6.20. The molecule has 0 spiro atoms. The number of anilines is 1. The van der Waals surface area contributed by atoms with Crippen molar-refractivity contribution in [2.75, 3.05) is 11.9 Å². The molecule has 2 N–H and O–H groups in total. The summed E-state index contributed by atoms with van der Waals surface area (Å²) in [6.45, 7) is 4.49. The Kier molecular flexibility index (Phi) is 3.09. The molecule has 1 unspecified atom stereocenters. The van der Waals surface area contributed by atoms with Crippen molar-refractivity contribution in [1.29, 1.82) is 0 Å². The summed E-state index contributed by atoms with van der Waals surface area (Å²) in [5.74, 6) is 0.265. The Morgan fingerprint density at radius 1 is 1.53 bits per heavy atom. The molecule has 0 radical (unpaired) electrons. The van der Waals surface area contributed by atoms with Gasteiger partial charge in [-0.05, 0) is 42.5 Å². The molecular formula is C14H20N2O. The monoisotopic (exact) mass is 232 g/mol. The number of primary amides is 1. The van der Waals surface area contributed by atoms with Gasteiger partial charge in [-0.25, -0.2) is 0 Å². The van der Waals surface area contributed by atoms with E-state index in [1.807, 2.05) is 18.2 Å². The highest BCUT2D eigenvalue weighted by molar-refractivity contribution is 5.93. The summed E-state index contributed by atoms with van der Waals surface area (Å²) in [5, 5.41) is 0. The Bertz CT molecular complexity index is 442. The third-order valence-electron chi connectivity index (χ3n) is 3.86. The third-order valence-corrected chi connectivity index (χ3v) is 3.86. The summed E-state index contributed by atoms with van der Waals surface area (Å²) < 4.78 is 0. The Labute approximate surface area is 103 Å². The van der Waals surface area contributed by atoms with Crippen LogP contribution in [0.25, 0.3) is 0 Å². The molecule has 1 heterocycles. The highest BCUT2D eigenvalue weighted by Gasteiger charge is 2.28. The summed E-state index contributed by atoms with van der Waals surface area (Å²) in [4.78, 5) is 13.5. The van der Waals surface area contributed by atoms with Gasteiger partial charge in [0, 0.05) is 24.3 Å². The predicted molar refractivity (Wildman–Crippen MR) is 70.3 cm³/mol. The summed E-state index contributed by atoms with van der Waals surface area (Å²) in [5.41, 5.74) is 8.40. The fourth-order valence-electron chi connectivity index (χ4n) is 2.97. The van der Waals surface area contributed by atoms with Crippen LogP contribution in [0.2, 0.25) is 0 Å². The van der Waals surface area contributed by atoms with Crippen LogP contribution in [0.5, 0.6) is 0 Å². The third kappa shape index (κ3) is 2.02. The lowest BCUT2D eigenvalue weighted by Gasteiger charge is -2.40. The average molecular weight is 232 g/mol. The molecule has 2 rings (SSSR count). The minimum Gasteiger partial charge on any atom is -0.371 e. The van der Waals surface area contributed by atoms with Crippen LogP contribution in [-0.4, -0.2) is 19.0 Å². The molecule has 1 amide bonds. The zero-order chi connectivity index (χ0) is 12.6. The van der Waals surface area contributed by atoms with Crippen LogP contribution >= 0.6 is 0 Å². The van der Waals surface area contributed by atoms with Crippen LogP contribution in [0.15, 0.2) is 18.2 Å². The van der Waals surface area contributed by atoms with Crippen molar-refractivity contribution in [2.45, 2.75) is 32.7 Å². The van der Waals surface area contributed by atoms with Gasteiger partial charge in [-0.3, -0.25) is 4.79 Å². The standard InChI is InChI=1S/C14H20N2O/c1-4-12-9(2)7-11-8-10(14(15)17)5-6-13(11)16(12)3/h5-6,8-9,12H,4,7H2,1-3H3,(H2,15,17)/t9?,12-/m0/s1. The molecular weight excluding hydrogens is 212 g/mol. The molecule has 1 aromatic carbocycles. The van der Waals surface area contributed by atoms with Gasteiger partial charge in [-0.15, -0.1) is 0 Å². The van der Waals surface area contributed by atoms with Crippen molar-refractivity contribution >= 4 is 11.6 Å². The van der Waals surface area contributed by atoms with Crippen LogP contribution in [0.3, 0.4) is 0 Å². The normalized spacial score (nSPS) is 23.4. The van der Waals surface area contributed by atoms with Crippen LogP contribution in [0.1, 0.15) is 36.2 Å². The van der Waals surface area contributed by atoms with Crippen LogP contribution in [-0.2, 0) is 6.42 Å². The SMILES string of the molecule is CC[C@H]1C(C)Cc2cc(C(N)=O)ccc2N1C. The summed E-state index contributed by atoms with van der Waals surface area (Å²) in [7, 11) is 2.13. The zero-order valence-corrected chi connectivity index (χ0v) is 10.7. The van der Waals surface area contributed by atoms with E-state index in [0.717, 1.165) is 12.8 Å². The average Bonchev–Trinajstić information content (AvgIpc) is 2.28. The highest BCUT2D eigenvalue weighted by Crippen LogP contribution is 2.34. The maximum absolute atomic E-state index is 11.2. The van der Waals surface area contributed by atoms with E-state index in [2.05, 4.69) is 25.8 Å². The van der Waals surface area contributed by atoms with E-state index in [1.54, 1.807) is 0 Å². The van der Waals surface area contributed by atoms with Crippen molar-refractivity contribution < 1.29 is 4.79 Å². The highest BCUT2D eigenvalue weighted by atomic mass is 16.1. The van der Waals surface area contributed by atoms with E-state index in [0.29, 0.717) is 17.5 Å². The van der Waals surface area contributed by atoms with Crippen LogP contribution in [0.4, 0.5) is 5.69 Å². The number of fused-ring (bicyclic) bond motifs is 1. The van der Waals surface area contributed by atoms with Gasteiger partial charge in [0.2, 0.25) is 5.91 Å². The van der Waals surface area contributed by atoms with E-state index in [-0.39, 0.29) is 5.91 Å². The molecule has 1 aliphatic heterocycles. The van der Waals surface area contributed by atoms with Gasteiger partial charge in [0.1, 0.15) is 0 Å². The van der Waals surface area contributed by atoms with Crippen molar-refractivity contribution in [2.24, 2.45) is 11.7 Å². The zero-order valence-electron chi connectivity index (χ0n) is 10.7. The molecule has 3 nitrogen and oxygen atoms in total. The van der Waals surface area contributed by atoms with Gasteiger partial charge in [-0.1, -0.05) is 13.8 Å². The summed E-state index contributed by atoms with van der Waals surface area (Å²) in [6, 6.07) is 6.36. The molecule has 3 heteroatoms. The van der Waals surface area contributed by atoms with Crippen molar-refractivity contribution in [3.05, 3.63) is 29.3 Å². The maximum atomic E-state index is 11.2. The Morgan fingerprint density at radius 3 is 2.82 bits per heavy atom. The van der Waals surface area contributed by atoms with Gasteiger partial charge in [0.25, 0.3) is 0 Å². The van der Waals surface area contributed by atoms with E-state index in [4.69, 9.17) is 5.73 Å². The number of hydrogen-bond acceptors (Lipinski definition) is 2. The Morgan fingerprint density at radius 2 is 2.24 bits per heavy atom. The molecule has 0 fully saturated rings. The number of carbonyl (C=O) groups is 1. The number of nitrogens with zero attached hydrogens (tertiary/aromatic N) is 1. The lowest BCUT2D eigenvalue weighted by Crippen LogP contribution is -2.41. The van der Waals surface area contributed by atoms with Crippen molar-refractivity contribution in [3.8, 4) is 0 Å². The van der Waals surface area contributed by atoms with Crippen LogP contribution < -0.4 is 10.6 Å². The van der Waals surface area contributed by atoms with E-state index < -0.39 is 0 Å². The van der Waals surface area contributed by atoms with Crippen LogP contribution in [0, 0.1) is 5.92 Å². The quantitative estimate of drug-likeness (QED) is 0.849. The van der Waals surface area contributed by atoms with Crippen molar-refractivity contribution in [1.82, 2.24) is 0 Å². The molecule has 1 aromatic rings. The number of benzene rings is 1. The number of rotatable bonds is 2. The molecule has 0 aliphatic carbocycles. The minimum atomic E-state index is -0.347. The molecule has 17 heavy (non-hydrogen) atoms. The first-order valence-corrected chi connectivity index (χ1v) is 6.20. The van der Waals surface area contributed by atoms with Gasteiger partial charge in [0.15, 0.2) is 0 Å². The van der Waals surface area contributed by atoms with E-state index in [1.165, 1.54) is 11.3 Å². The Balaban J connectivity index is 2.42. The van der Waals surface area contributed by atoms with Gasteiger partial charge >= 0.3 is 0 Å². The molecule has 0 saturated carbocycles. The number of amides is 1. The molecule has 2 atom stereocenters. The number of carbonyl (C=O) groups excluding carboxylic acids is 1. The maximum Gasteiger partial charge on any atom is 0.248 e. The smallest absolute Gasteiger partial charge is 0.248 e. The number of hydrogen-bond donors (Lipinski definition) is 1. The molecule has 0 bridgehead atoms. The molecule has 92 valence electrons. The Hall–Kier alpha value is -1.51. The lowest BCUT2D eigenvalue weighted by atomic mass is 9.85. The lowest BCUT2D eigenvalue weighted by molar-refractivity contribution is 0.1000. The van der Waals surface area contributed by atoms with Gasteiger partial charge < -0.3 is 10.6 Å². The topological polar surface area (TPSA) is 46.3 Å². The fourth-order valence-corrected chi connectivity index (χ4v) is 2.97. The largest absolute Gasteiger partial charge is 0.371 e. The van der Waals surface area contributed by atoms with E-state index in [9.17, 15) is 4.79 Å². The fraction of sp³-hybridized carbons (Fsp3) is 0.500. The first kappa shape index (κ1) is 12.0. The molecule has 1 aliphatic rings. The second-order valence-corrected chi connectivity index (χ2v) is 4.98.